The molecule has 1 fully saturated rings. The van der Waals surface area contributed by atoms with Crippen molar-refractivity contribution in [2.75, 3.05) is 39.3 Å². The van der Waals surface area contributed by atoms with E-state index in [1.165, 1.54) is 0 Å². The second-order valence-corrected chi connectivity index (χ2v) is 8.61. The quantitative estimate of drug-likeness (QED) is 0.706. The molecule has 152 valence electrons. The van der Waals surface area contributed by atoms with Gasteiger partial charge in [0.05, 0.1) is 10.0 Å². The van der Waals surface area contributed by atoms with Gasteiger partial charge < -0.3 is 19.4 Å². The van der Waals surface area contributed by atoms with E-state index in [0.29, 0.717) is 36.7 Å². The third kappa shape index (κ3) is 6.24. The Hall–Kier alpha value is -1.54. The first-order chi connectivity index (χ1) is 12.6. The first kappa shape index (κ1) is 21.8. The van der Waals surface area contributed by atoms with E-state index in [0.717, 1.165) is 30.5 Å². The van der Waals surface area contributed by atoms with Gasteiger partial charge in [-0.3, -0.25) is 9.69 Å². The van der Waals surface area contributed by atoms with E-state index in [1.807, 2.05) is 27.7 Å². The van der Waals surface area contributed by atoms with Crippen LogP contribution in [0, 0.1) is 13.8 Å². The van der Waals surface area contributed by atoms with Crippen molar-refractivity contribution in [3.63, 3.8) is 0 Å². The highest BCUT2D eigenvalue weighted by Crippen LogP contribution is 2.27. The molecule has 0 spiro atoms. The fraction of sp³-hybridized carbons (Fsp3) is 0.684. The maximum absolute atomic E-state index is 12.3. The van der Waals surface area contributed by atoms with Crippen LogP contribution in [-0.4, -0.2) is 66.7 Å². The Bertz CT molecular complexity index is 673. The van der Waals surface area contributed by atoms with Crippen molar-refractivity contribution in [2.45, 2.75) is 46.6 Å². The topological polar surface area (TPSA) is 75.0 Å². The van der Waals surface area contributed by atoms with Crippen LogP contribution in [0.1, 0.15) is 49.1 Å². The molecule has 0 radical (unpaired) electrons. The predicted molar refractivity (Wildman–Crippen MR) is 107 cm³/mol. The minimum Gasteiger partial charge on any atom is -0.465 e. The van der Waals surface area contributed by atoms with Crippen molar-refractivity contribution in [3.8, 4) is 0 Å². The minimum atomic E-state index is -0.465. The summed E-state index contributed by atoms with van der Waals surface area (Å²) in [6, 6.07) is 0. The highest BCUT2D eigenvalue weighted by molar-refractivity contribution is 9.10. The van der Waals surface area contributed by atoms with Crippen LogP contribution in [0.15, 0.2) is 8.89 Å². The molecule has 0 atom stereocenters. The molecule has 1 aliphatic rings. The number of furan rings is 1. The molecule has 0 bridgehead atoms. The molecule has 1 saturated heterocycles. The van der Waals surface area contributed by atoms with Crippen LogP contribution in [0.5, 0.6) is 0 Å². The average Bonchev–Trinajstić information content (AvgIpc) is 2.83. The Balaban J connectivity index is 1.67. The number of halogens is 1. The van der Waals surface area contributed by atoms with Gasteiger partial charge >= 0.3 is 6.09 Å². The third-order valence-electron chi connectivity index (χ3n) is 4.37. The maximum Gasteiger partial charge on any atom is 0.410 e. The number of hydrogen-bond acceptors (Lipinski definition) is 5. The fourth-order valence-electron chi connectivity index (χ4n) is 2.99. The lowest BCUT2D eigenvalue weighted by atomic mass is 10.2. The lowest BCUT2D eigenvalue weighted by Crippen LogP contribution is -2.50. The van der Waals surface area contributed by atoms with E-state index in [1.54, 1.807) is 11.8 Å². The number of amides is 2. The maximum atomic E-state index is 12.3. The molecule has 27 heavy (non-hydrogen) atoms. The second kappa shape index (κ2) is 9.10. The van der Waals surface area contributed by atoms with Crippen LogP contribution in [0.3, 0.4) is 0 Å². The first-order valence-corrected chi connectivity index (χ1v) is 10.1. The first-order valence-electron chi connectivity index (χ1n) is 9.32. The SMILES string of the molecule is Cc1oc(C)c(C(=O)NCCCN2CCN(C(=O)OC(C)(C)C)CC2)c1Br. The highest BCUT2D eigenvalue weighted by atomic mass is 79.9. The number of nitrogens with one attached hydrogen (secondary N) is 1. The molecule has 2 heterocycles. The summed E-state index contributed by atoms with van der Waals surface area (Å²) in [5.41, 5.74) is 0.103. The van der Waals surface area contributed by atoms with Gasteiger partial charge in [0.1, 0.15) is 17.1 Å². The highest BCUT2D eigenvalue weighted by Gasteiger charge is 2.25. The summed E-state index contributed by atoms with van der Waals surface area (Å²) in [6.07, 6.45) is 0.608. The molecule has 1 aliphatic heterocycles. The number of carbonyl (C=O) groups excluding carboxylic acids is 2. The molecule has 7 nitrogen and oxygen atoms in total. The zero-order valence-corrected chi connectivity index (χ0v) is 18.4. The molecule has 1 aromatic heterocycles. The molecule has 2 rings (SSSR count). The summed E-state index contributed by atoms with van der Waals surface area (Å²) in [5, 5.41) is 2.95. The van der Waals surface area contributed by atoms with Gasteiger partial charge in [0.2, 0.25) is 0 Å². The predicted octanol–water partition coefficient (Wildman–Crippen LogP) is 3.33. The molecular formula is C19H30BrN3O4. The number of ether oxygens (including phenoxy) is 1. The zero-order valence-electron chi connectivity index (χ0n) is 16.9. The van der Waals surface area contributed by atoms with E-state index in [-0.39, 0.29) is 12.0 Å². The minimum absolute atomic E-state index is 0.119. The normalized spacial score (nSPS) is 15.7. The van der Waals surface area contributed by atoms with Crippen molar-refractivity contribution in [3.05, 3.63) is 21.6 Å². The van der Waals surface area contributed by atoms with Crippen molar-refractivity contribution >= 4 is 27.9 Å². The number of nitrogens with zero attached hydrogens (tertiary/aromatic N) is 2. The van der Waals surface area contributed by atoms with Gasteiger partial charge in [-0.05, 0) is 63.5 Å². The number of rotatable bonds is 5. The van der Waals surface area contributed by atoms with Crippen molar-refractivity contribution in [2.24, 2.45) is 0 Å². The lowest BCUT2D eigenvalue weighted by Gasteiger charge is -2.35. The molecule has 0 unspecified atom stereocenters. The van der Waals surface area contributed by atoms with Gasteiger partial charge in [-0.25, -0.2) is 4.79 Å². The van der Waals surface area contributed by atoms with E-state index in [9.17, 15) is 9.59 Å². The van der Waals surface area contributed by atoms with Gasteiger partial charge in [0.15, 0.2) is 0 Å². The summed E-state index contributed by atoms with van der Waals surface area (Å²) in [7, 11) is 0. The van der Waals surface area contributed by atoms with E-state index >= 15 is 0 Å². The monoisotopic (exact) mass is 443 g/mol. The summed E-state index contributed by atoms with van der Waals surface area (Å²) < 4.78 is 11.6. The van der Waals surface area contributed by atoms with Crippen LogP contribution in [0.25, 0.3) is 0 Å². The zero-order chi connectivity index (χ0) is 20.2. The van der Waals surface area contributed by atoms with Gasteiger partial charge in [0, 0.05) is 32.7 Å². The Kier molecular flexibility index (Phi) is 7.33. The Labute approximate surface area is 169 Å². The van der Waals surface area contributed by atoms with Crippen molar-refractivity contribution in [1.29, 1.82) is 0 Å². The molecular weight excluding hydrogens is 414 g/mol. The Morgan fingerprint density at radius 1 is 1.15 bits per heavy atom. The largest absolute Gasteiger partial charge is 0.465 e. The van der Waals surface area contributed by atoms with E-state index in [4.69, 9.17) is 9.15 Å². The van der Waals surface area contributed by atoms with E-state index < -0.39 is 5.60 Å². The number of aryl methyl sites for hydroxylation is 2. The van der Waals surface area contributed by atoms with Gasteiger partial charge in [-0.15, -0.1) is 0 Å². The summed E-state index contributed by atoms with van der Waals surface area (Å²) in [5.74, 6) is 1.21. The van der Waals surface area contributed by atoms with Crippen LogP contribution >= 0.6 is 15.9 Å². The summed E-state index contributed by atoms with van der Waals surface area (Å²) in [6.45, 7) is 13.7. The Morgan fingerprint density at radius 3 is 2.30 bits per heavy atom. The fourth-order valence-corrected chi connectivity index (χ4v) is 3.53. The molecule has 0 aliphatic carbocycles. The molecule has 0 saturated carbocycles. The average molecular weight is 444 g/mol. The molecule has 8 heteroatoms. The standard InChI is InChI=1S/C19H30BrN3O4/c1-13-15(16(20)14(2)26-13)17(24)21-7-6-8-22-9-11-23(12-10-22)18(25)27-19(3,4)5/h6-12H2,1-5H3,(H,21,24). The third-order valence-corrected chi connectivity index (χ3v) is 5.33. The molecule has 1 aromatic rings. The van der Waals surface area contributed by atoms with E-state index in [2.05, 4.69) is 26.1 Å². The van der Waals surface area contributed by atoms with Crippen LogP contribution in [-0.2, 0) is 4.74 Å². The van der Waals surface area contributed by atoms with Crippen molar-refractivity contribution in [1.82, 2.24) is 15.1 Å². The molecule has 0 aromatic carbocycles. The van der Waals surface area contributed by atoms with Crippen LogP contribution in [0.2, 0.25) is 0 Å². The lowest BCUT2D eigenvalue weighted by molar-refractivity contribution is 0.0144. The smallest absolute Gasteiger partial charge is 0.410 e. The van der Waals surface area contributed by atoms with Gasteiger partial charge in [-0.2, -0.15) is 0 Å². The van der Waals surface area contributed by atoms with Crippen LogP contribution in [0.4, 0.5) is 4.79 Å². The summed E-state index contributed by atoms with van der Waals surface area (Å²) >= 11 is 3.40. The summed E-state index contributed by atoms with van der Waals surface area (Å²) in [4.78, 5) is 28.4. The van der Waals surface area contributed by atoms with Gasteiger partial charge in [-0.1, -0.05) is 0 Å². The number of piperazine rings is 1. The number of hydrogen-bond donors (Lipinski definition) is 1. The molecule has 2 amide bonds. The van der Waals surface area contributed by atoms with Crippen molar-refractivity contribution < 1.29 is 18.7 Å². The van der Waals surface area contributed by atoms with Gasteiger partial charge in [0.25, 0.3) is 5.91 Å². The molecule has 1 N–H and O–H groups in total. The Morgan fingerprint density at radius 2 is 1.78 bits per heavy atom. The number of carbonyl (C=O) groups is 2. The van der Waals surface area contributed by atoms with Crippen LogP contribution < -0.4 is 5.32 Å². The second-order valence-electron chi connectivity index (χ2n) is 7.82.